The molecular formula is C10H14N2O3S. The Kier molecular flexibility index (Phi) is 4.42. The van der Waals surface area contributed by atoms with Crippen molar-refractivity contribution in [2.75, 3.05) is 17.3 Å². The van der Waals surface area contributed by atoms with E-state index in [4.69, 9.17) is 0 Å². The van der Waals surface area contributed by atoms with Crippen LogP contribution in [0.4, 0.5) is 11.4 Å². The second kappa shape index (κ2) is 5.60. The fraction of sp³-hybridized carbons (Fsp3) is 0.400. The van der Waals surface area contributed by atoms with Crippen LogP contribution in [0.2, 0.25) is 0 Å². The molecule has 0 bridgehead atoms. The first-order chi connectivity index (χ1) is 7.49. The van der Waals surface area contributed by atoms with Crippen LogP contribution in [0.15, 0.2) is 24.3 Å². The number of rotatable bonds is 5. The van der Waals surface area contributed by atoms with Crippen molar-refractivity contribution in [3.05, 3.63) is 34.4 Å². The highest BCUT2D eigenvalue weighted by Crippen LogP contribution is 2.17. The van der Waals surface area contributed by atoms with Crippen LogP contribution in [-0.2, 0) is 10.8 Å². The van der Waals surface area contributed by atoms with E-state index in [9.17, 15) is 14.3 Å². The Hall–Kier alpha value is -1.43. The maximum absolute atomic E-state index is 11.0. The van der Waals surface area contributed by atoms with Crippen molar-refractivity contribution >= 4 is 22.2 Å². The van der Waals surface area contributed by atoms with Gasteiger partial charge in [0.15, 0.2) is 0 Å². The van der Waals surface area contributed by atoms with Gasteiger partial charge in [0.25, 0.3) is 5.69 Å². The molecule has 2 unspecified atom stereocenters. The Bertz CT molecular complexity index is 409. The quantitative estimate of drug-likeness (QED) is 0.631. The summed E-state index contributed by atoms with van der Waals surface area (Å²) < 4.78 is 11.0. The summed E-state index contributed by atoms with van der Waals surface area (Å²) in [5.41, 5.74) is 0.724. The third-order valence-corrected chi connectivity index (χ3v) is 2.92. The Morgan fingerprint density at radius 3 is 2.81 bits per heavy atom. The van der Waals surface area contributed by atoms with Crippen LogP contribution >= 0.6 is 0 Å². The Labute approximate surface area is 96.5 Å². The SMILES string of the molecule is CC(CS(C)=O)Nc1cccc([N+](=O)[O-])c1. The number of nitrogens with one attached hydrogen (secondary N) is 1. The van der Waals surface area contributed by atoms with E-state index >= 15 is 0 Å². The van der Waals surface area contributed by atoms with Crippen molar-refractivity contribution in [3.63, 3.8) is 0 Å². The topological polar surface area (TPSA) is 72.2 Å². The lowest BCUT2D eigenvalue weighted by Crippen LogP contribution is -2.22. The van der Waals surface area contributed by atoms with Crippen LogP contribution in [0.1, 0.15) is 6.92 Å². The fourth-order valence-corrected chi connectivity index (χ4v) is 2.17. The molecule has 1 aromatic carbocycles. The largest absolute Gasteiger partial charge is 0.381 e. The molecule has 0 aliphatic rings. The molecular weight excluding hydrogens is 228 g/mol. The molecule has 1 N–H and O–H groups in total. The minimum absolute atomic E-state index is 0.0211. The van der Waals surface area contributed by atoms with Gasteiger partial charge in [-0.15, -0.1) is 0 Å². The number of nitro benzene ring substituents is 1. The predicted octanol–water partition coefficient (Wildman–Crippen LogP) is 1.77. The van der Waals surface area contributed by atoms with Crippen LogP contribution in [-0.4, -0.2) is 27.2 Å². The molecule has 5 nitrogen and oxygen atoms in total. The third kappa shape index (κ3) is 3.98. The minimum atomic E-state index is -0.880. The smallest absolute Gasteiger partial charge is 0.271 e. The zero-order chi connectivity index (χ0) is 12.1. The molecule has 0 aliphatic heterocycles. The first kappa shape index (κ1) is 12.6. The van der Waals surface area contributed by atoms with Gasteiger partial charge in [-0.25, -0.2) is 0 Å². The lowest BCUT2D eigenvalue weighted by molar-refractivity contribution is -0.384. The summed E-state index contributed by atoms with van der Waals surface area (Å²) in [5.74, 6) is 0.517. The Morgan fingerprint density at radius 2 is 2.25 bits per heavy atom. The van der Waals surface area contributed by atoms with Crippen molar-refractivity contribution in [1.29, 1.82) is 0 Å². The molecule has 0 radical (unpaired) electrons. The first-order valence-electron chi connectivity index (χ1n) is 4.80. The zero-order valence-corrected chi connectivity index (χ0v) is 9.99. The zero-order valence-electron chi connectivity index (χ0n) is 9.17. The van der Waals surface area contributed by atoms with Crippen molar-refractivity contribution in [2.45, 2.75) is 13.0 Å². The van der Waals surface area contributed by atoms with E-state index in [1.807, 2.05) is 6.92 Å². The van der Waals surface area contributed by atoms with Gasteiger partial charge in [0.2, 0.25) is 0 Å². The third-order valence-electron chi connectivity index (χ3n) is 1.95. The van der Waals surface area contributed by atoms with Gasteiger partial charge in [-0.05, 0) is 13.0 Å². The fourth-order valence-electron chi connectivity index (χ4n) is 1.39. The summed E-state index contributed by atoms with van der Waals surface area (Å²) >= 11 is 0. The summed E-state index contributed by atoms with van der Waals surface area (Å²) in [7, 11) is -0.880. The average Bonchev–Trinajstić information content (AvgIpc) is 2.16. The number of nitro groups is 1. The van der Waals surface area contributed by atoms with E-state index in [0.29, 0.717) is 11.4 Å². The van der Waals surface area contributed by atoms with Gasteiger partial charge in [0.05, 0.1) is 4.92 Å². The van der Waals surface area contributed by atoms with E-state index in [2.05, 4.69) is 5.32 Å². The number of anilines is 1. The van der Waals surface area contributed by atoms with E-state index < -0.39 is 15.7 Å². The molecule has 88 valence electrons. The highest BCUT2D eigenvalue weighted by Gasteiger charge is 2.08. The molecule has 6 heteroatoms. The molecule has 1 aromatic rings. The van der Waals surface area contributed by atoms with Gasteiger partial charge in [-0.3, -0.25) is 14.3 Å². The van der Waals surface area contributed by atoms with Gasteiger partial charge in [0.1, 0.15) is 0 Å². The van der Waals surface area contributed by atoms with Crippen LogP contribution in [0.5, 0.6) is 0 Å². The summed E-state index contributed by atoms with van der Waals surface area (Å²) in [5, 5.41) is 13.6. The van der Waals surface area contributed by atoms with Crippen molar-refractivity contribution in [1.82, 2.24) is 0 Å². The number of nitrogens with zero attached hydrogens (tertiary/aromatic N) is 1. The van der Waals surface area contributed by atoms with Gasteiger partial charge in [-0.2, -0.15) is 0 Å². The molecule has 0 aromatic heterocycles. The second-order valence-electron chi connectivity index (χ2n) is 3.59. The van der Waals surface area contributed by atoms with Crippen LogP contribution in [0.25, 0.3) is 0 Å². The van der Waals surface area contributed by atoms with Crippen LogP contribution in [0.3, 0.4) is 0 Å². The van der Waals surface area contributed by atoms with Gasteiger partial charge in [-0.1, -0.05) is 6.07 Å². The van der Waals surface area contributed by atoms with E-state index in [0.717, 1.165) is 0 Å². The molecule has 0 amide bonds. The predicted molar refractivity (Wildman–Crippen MR) is 65.1 cm³/mol. The Balaban J connectivity index is 2.70. The normalized spacial score (nSPS) is 14.1. The molecule has 0 spiro atoms. The van der Waals surface area contributed by atoms with Crippen molar-refractivity contribution in [3.8, 4) is 0 Å². The van der Waals surface area contributed by atoms with Gasteiger partial charge < -0.3 is 5.32 Å². The minimum Gasteiger partial charge on any atom is -0.381 e. The highest BCUT2D eigenvalue weighted by atomic mass is 32.2. The average molecular weight is 242 g/mol. The standard InChI is InChI=1S/C10H14N2O3S/c1-8(7-16(2)15)11-9-4-3-5-10(6-9)12(13)14/h3-6,8,11H,7H2,1-2H3. The number of non-ortho nitro benzene ring substituents is 1. The maximum atomic E-state index is 11.0. The van der Waals surface area contributed by atoms with E-state index in [1.54, 1.807) is 18.4 Å². The molecule has 1 rings (SSSR count). The molecule has 16 heavy (non-hydrogen) atoms. The molecule has 0 saturated heterocycles. The van der Waals surface area contributed by atoms with Crippen LogP contribution in [0, 0.1) is 10.1 Å². The summed E-state index contributed by atoms with van der Waals surface area (Å²) in [6, 6.07) is 6.30. The Morgan fingerprint density at radius 1 is 1.56 bits per heavy atom. The summed E-state index contributed by atoms with van der Waals surface area (Å²) in [6.07, 6.45) is 1.63. The second-order valence-corrected chi connectivity index (χ2v) is 5.07. The van der Waals surface area contributed by atoms with Gasteiger partial charge in [0, 0.05) is 46.7 Å². The first-order valence-corrected chi connectivity index (χ1v) is 6.53. The number of hydrogen-bond acceptors (Lipinski definition) is 4. The molecule has 0 aliphatic carbocycles. The lowest BCUT2D eigenvalue weighted by atomic mass is 10.2. The molecule has 2 atom stereocenters. The van der Waals surface area contributed by atoms with Crippen molar-refractivity contribution < 1.29 is 9.13 Å². The summed E-state index contributed by atoms with van der Waals surface area (Å²) in [4.78, 5) is 10.1. The molecule has 0 fully saturated rings. The van der Waals surface area contributed by atoms with Crippen LogP contribution < -0.4 is 5.32 Å². The lowest BCUT2D eigenvalue weighted by Gasteiger charge is -2.13. The summed E-state index contributed by atoms with van der Waals surface area (Å²) in [6.45, 7) is 1.89. The highest BCUT2D eigenvalue weighted by molar-refractivity contribution is 7.84. The van der Waals surface area contributed by atoms with E-state index in [-0.39, 0.29) is 11.7 Å². The molecule has 0 saturated carbocycles. The van der Waals surface area contributed by atoms with Gasteiger partial charge >= 0.3 is 0 Å². The number of benzene rings is 1. The van der Waals surface area contributed by atoms with Crippen molar-refractivity contribution in [2.24, 2.45) is 0 Å². The molecule has 0 heterocycles. The maximum Gasteiger partial charge on any atom is 0.271 e. The monoisotopic (exact) mass is 242 g/mol. The number of hydrogen-bond donors (Lipinski definition) is 1. The van der Waals surface area contributed by atoms with E-state index in [1.165, 1.54) is 12.1 Å².